The molecule has 2 heterocycles. The first-order chi connectivity index (χ1) is 7.31. The summed E-state index contributed by atoms with van der Waals surface area (Å²) in [6, 6.07) is 0. The number of aromatic nitrogens is 5. The molecule has 0 unspecified atom stereocenters. The van der Waals surface area contributed by atoms with Crippen LogP contribution in [0.15, 0.2) is 22.8 Å². The standard InChI is InChI=1S/C7H4ClN5OS/c8-5-4(1-14)6(10-2-9-5)15-7-11-3-12-13-7/h1-3H,(H,11,12,13). The average molecular weight is 242 g/mol. The Hall–Kier alpha value is -1.47. The van der Waals surface area contributed by atoms with Gasteiger partial charge in [0, 0.05) is 0 Å². The number of rotatable bonds is 3. The highest BCUT2D eigenvalue weighted by atomic mass is 35.5. The lowest BCUT2D eigenvalue weighted by molar-refractivity contribution is 0.112. The molecule has 2 rings (SSSR count). The van der Waals surface area contributed by atoms with Gasteiger partial charge in [-0.25, -0.2) is 15.0 Å². The van der Waals surface area contributed by atoms with E-state index in [1.807, 2.05) is 0 Å². The second kappa shape index (κ2) is 4.37. The Balaban J connectivity index is 2.36. The zero-order valence-electron chi connectivity index (χ0n) is 7.22. The molecule has 0 aliphatic carbocycles. The Morgan fingerprint density at radius 3 is 2.87 bits per heavy atom. The molecular weight excluding hydrogens is 238 g/mol. The lowest BCUT2D eigenvalue weighted by atomic mass is 10.4. The summed E-state index contributed by atoms with van der Waals surface area (Å²) in [5, 5.41) is 7.42. The van der Waals surface area contributed by atoms with Gasteiger partial charge in [-0.1, -0.05) is 11.6 Å². The molecule has 0 aromatic carbocycles. The smallest absolute Gasteiger partial charge is 0.189 e. The molecule has 0 aliphatic heterocycles. The molecule has 0 atom stereocenters. The van der Waals surface area contributed by atoms with Gasteiger partial charge in [-0.3, -0.25) is 9.89 Å². The summed E-state index contributed by atoms with van der Waals surface area (Å²) < 4.78 is 0. The van der Waals surface area contributed by atoms with Gasteiger partial charge in [0.25, 0.3) is 0 Å². The maximum Gasteiger partial charge on any atom is 0.189 e. The van der Waals surface area contributed by atoms with E-state index in [1.54, 1.807) is 0 Å². The molecule has 0 bridgehead atoms. The number of halogens is 1. The van der Waals surface area contributed by atoms with Crippen molar-refractivity contribution in [3.05, 3.63) is 23.4 Å². The van der Waals surface area contributed by atoms with Crippen LogP contribution in [-0.2, 0) is 0 Å². The van der Waals surface area contributed by atoms with Crippen LogP contribution >= 0.6 is 23.4 Å². The predicted octanol–water partition coefficient (Wildman–Crippen LogP) is 1.21. The van der Waals surface area contributed by atoms with Crippen molar-refractivity contribution in [1.82, 2.24) is 25.1 Å². The highest BCUT2D eigenvalue weighted by molar-refractivity contribution is 7.99. The van der Waals surface area contributed by atoms with Crippen molar-refractivity contribution in [2.24, 2.45) is 0 Å². The van der Waals surface area contributed by atoms with Crippen LogP contribution in [0.2, 0.25) is 5.15 Å². The minimum atomic E-state index is 0.127. The van der Waals surface area contributed by atoms with E-state index in [9.17, 15) is 4.79 Å². The summed E-state index contributed by atoms with van der Waals surface area (Å²) in [7, 11) is 0. The highest BCUT2D eigenvalue weighted by Gasteiger charge is 2.11. The van der Waals surface area contributed by atoms with Gasteiger partial charge in [-0.15, -0.1) is 0 Å². The lowest BCUT2D eigenvalue weighted by Crippen LogP contribution is -1.94. The van der Waals surface area contributed by atoms with Gasteiger partial charge < -0.3 is 0 Å². The van der Waals surface area contributed by atoms with Crippen LogP contribution in [0.4, 0.5) is 0 Å². The molecule has 2 aromatic heterocycles. The quantitative estimate of drug-likeness (QED) is 0.642. The largest absolute Gasteiger partial charge is 0.298 e. The van der Waals surface area contributed by atoms with Crippen LogP contribution in [0, 0.1) is 0 Å². The number of aromatic amines is 1. The second-order valence-corrected chi connectivity index (χ2v) is 3.73. The third-order valence-electron chi connectivity index (χ3n) is 1.50. The molecule has 2 aromatic rings. The molecule has 0 fully saturated rings. The maximum atomic E-state index is 10.8. The first-order valence-corrected chi connectivity index (χ1v) is 4.99. The van der Waals surface area contributed by atoms with Crippen LogP contribution < -0.4 is 0 Å². The van der Waals surface area contributed by atoms with Gasteiger partial charge in [-0.2, -0.15) is 5.10 Å². The lowest BCUT2D eigenvalue weighted by Gasteiger charge is -2.00. The van der Waals surface area contributed by atoms with Crippen molar-refractivity contribution in [3.63, 3.8) is 0 Å². The van der Waals surface area contributed by atoms with Crippen molar-refractivity contribution in [1.29, 1.82) is 0 Å². The molecule has 76 valence electrons. The van der Waals surface area contributed by atoms with Crippen LogP contribution in [-0.4, -0.2) is 31.4 Å². The highest BCUT2D eigenvalue weighted by Crippen LogP contribution is 2.26. The van der Waals surface area contributed by atoms with Crippen LogP contribution in [0.1, 0.15) is 10.4 Å². The zero-order valence-corrected chi connectivity index (χ0v) is 8.79. The van der Waals surface area contributed by atoms with Gasteiger partial charge >= 0.3 is 0 Å². The van der Waals surface area contributed by atoms with Crippen LogP contribution in [0.25, 0.3) is 0 Å². The minimum absolute atomic E-state index is 0.127. The summed E-state index contributed by atoms with van der Waals surface area (Å²) in [5.74, 6) is 0. The number of carbonyl (C=O) groups excluding carboxylic acids is 1. The van der Waals surface area contributed by atoms with Crippen molar-refractivity contribution < 1.29 is 4.79 Å². The fraction of sp³-hybridized carbons (Fsp3) is 0. The number of nitrogens with one attached hydrogen (secondary N) is 1. The summed E-state index contributed by atoms with van der Waals surface area (Å²) in [6.07, 6.45) is 3.26. The topological polar surface area (TPSA) is 84.4 Å². The molecule has 0 aliphatic rings. The molecule has 0 radical (unpaired) electrons. The van der Waals surface area contributed by atoms with Gasteiger partial charge in [-0.05, 0) is 11.8 Å². The van der Waals surface area contributed by atoms with Crippen molar-refractivity contribution >= 4 is 29.6 Å². The fourth-order valence-corrected chi connectivity index (χ4v) is 1.84. The Bertz CT molecular complexity index is 474. The molecular formula is C7H4ClN5OS. The molecule has 0 saturated heterocycles. The predicted molar refractivity (Wildman–Crippen MR) is 52.9 cm³/mol. The normalized spacial score (nSPS) is 10.2. The van der Waals surface area contributed by atoms with Gasteiger partial charge in [0.15, 0.2) is 11.4 Å². The number of hydrogen-bond acceptors (Lipinski definition) is 6. The summed E-state index contributed by atoms with van der Waals surface area (Å²) >= 11 is 6.89. The van der Waals surface area contributed by atoms with E-state index in [0.29, 0.717) is 16.5 Å². The molecule has 0 amide bonds. The first-order valence-electron chi connectivity index (χ1n) is 3.80. The molecule has 15 heavy (non-hydrogen) atoms. The molecule has 1 N–H and O–H groups in total. The zero-order chi connectivity index (χ0) is 10.7. The van der Waals surface area contributed by atoms with Crippen molar-refractivity contribution in [3.8, 4) is 0 Å². The third kappa shape index (κ3) is 2.13. The van der Waals surface area contributed by atoms with E-state index in [2.05, 4.69) is 25.1 Å². The first kappa shape index (κ1) is 10.1. The minimum Gasteiger partial charge on any atom is -0.298 e. The Morgan fingerprint density at radius 2 is 2.20 bits per heavy atom. The van der Waals surface area contributed by atoms with E-state index >= 15 is 0 Å². The van der Waals surface area contributed by atoms with Crippen LogP contribution in [0.5, 0.6) is 0 Å². The van der Waals surface area contributed by atoms with Gasteiger partial charge in [0.2, 0.25) is 0 Å². The number of aldehydes is 1. The summed E-state index contributed by atoms with van der Waals surface area (Å²) in [4.78, 5) is 22.3. The fourth-order valence-electron chi connectivity index (χ4n) is 0.875. The van der Waals surface area contributed by atoms with E-state index in [-0.39, 0.29) is 10.7 Å². The average Bonchev–Trinajstić information content (AvgIpc) is 2.71. The van der Waals surface area contributed by atoms with E-state index < -0.39 is 0 Å². The summed E-state index contributed by atoms with van der Waals surface area (Å²) in [5.41, 5.74) is 0.251. The Kier molecular flexibility index (Phi) is 2.93. The number of H-pyrrole nitrogens is 1. The van der Waals surface area contributed by atoms with Crippen LogP contribution in [0.3, 0.4) is 0 Å². The Labute approximate surface area is 93.5 Å². The number of nitrogens with zero attached hydrogens (tertiary/aromatic N) is 4. The number of hydrogen-bond donors (Lipinski definition) is 1. The second-order valence-electron chi connectivity index (χ2n) is 2.39. The van der Waals surface area contributed by atoms with E-state index in [1.165, 1.54) is 12.7 Å². The van der Waals surface area contributed by atoms with E-state index in [4.69, 9.17) is 11.6 Å². The molecule has 0 spiro atoms. The SMILES string of the molecule is O=Cc1c(Cl)ncnc1Sc1ncn[nH]1. The maximum absolute atomic E-state index is 10.8. The Morgan fingerprint density at radius 1 is 1.33 bits per heavy atom. The van der Waals surface area contributed by atoms with Crippen molar-refractivity contribution in [2.45, 2.75) is 10.2 Å². The summed E-state index contributed by atoms with van der Waals surface area (Å²) in [6.45, 7) is 0. The van der Waals surface area contributed by atoms with Crippen molar-refractivity contribution in [2.75, 3.05) is 0 Å². The monoisotopic (exact) mass is 241 g/mol. The third-order valence-corrected chi connectivity index (χ3v) is 2.71. The van der Waals surface area contributed by atoms with Gasteiger partial charge in [0.05, 0.1) is 5.56 Å². The number of carbonyl (C=O) groups is 1. The molecule has 8 heteroatoms. The van der Waals surface area contributed by atoms with E-state index in [0.717, 1.165) is 11.8 Å². The molecule has 6 nitrogen and oxygen atoms in total. The van der Waals surface area contributed by atoms with Gasteiger partial charge in [0.1, 0.15) is 22.8 Å². The molecule has 0 saturated carbocycles.